The van der Waals surface area contributed by atoms with E-state index in [0.717, 1.165) is 32.1 Å². The van der Waals surface area contributed by atoms with Crippen LogP contribution >= 0.6 is 7.82 Å². The number of phosphoric ester groups is 1. The van der Waals surface area contributed by atoms with Crippen molar-refractivity contribution in [3.8, 4) is 0 Å². The molecule has 11 heteroatoms. The number of carbonyl (C=O) groups excluding carboxylic acids is 2. The molecule has 0 aromatic rings. The Morgan fingerprint density at radius 3 is 1.09 bits per heavy atom. The van der Waals surface area contributed by atoms with Crippen molar-refractivity contribution in [2.24, 2.45) is 0 Å². The summed E-state index contributed by atoms with van der Waals surface area (Å²) in [7, 11) is -4.61. The zero-order chi connectivity index (χ0) is 41.9. The van der Waals surface area contributed by atoms with Gasteiger partial charge in [-0.3, -0.25) is 18.6 Å². The van der Waals surface area contributed by atoms with Gasteiger partial charge >= 0.3 is 19.8 Å². The summed E-state index contributed by atoms with van der Waals surface area (Å²) < 4.78 is 32.8. The number of rotatable bonds is 46. The Kier molecular flexibility index (Phi) is 42.3. The lowest BCUT2D eigenvalue weighted by Crippen LogP contribution is -2.29. The molecule has 0 aliphatic rings. The second kappa shape index (κ2) is 43.1. The van der Waals surface area contributed by atoms with Gasteiger partial charge in [0.1, 0.15) is 12.7 Å². The van der Waals surface area contributed by atoms with Gasteiger partial charge in [-0.1, -0.05) is 219 Å². The second-order valence-corrected chi connectivity index (χ2v) is 18.0. The molecule has 10 nitrogen and oxygen atoms in total. The van der Waals surface area contributed by atoms with Gasteiger partial charge in [-0.05, 0) is 12.8 Å². The molecule has 57 heavy (non-hydrogen) atoms. The lowest BCUT2D eigenvalue weighted by atomic mass is 10.0. The molecule has 0 heterocycles. The van der Waals surface area contributed by atoms with Crippen LogP contribution in [0.25, 0.3) is 0 Å². The quantitative estimate of drug-likeness (QED) is 0.0307. The Hall–Kier alpha value is -1.03. The van der Waals surface area contributed by atoms with Gasteiger partial charge in [-0.25, -0.2) is 4.57 Å². The molecule has 0 aromatic heterocycles. The van der Waals surface area contributed by atoms with Crippen molar-refractivity contribution < 1.29 is 47.8 Å². The average Bonchev–Trinajstić information content (AvgIpc) is 3.20. The zero-order valence-electron chi connectivity index (χ0n) is 37.1. The van der Waals surface area contributed by atoms with Crippen molar-refractivity contribution in [3.05, 3.63) is 0 Å². The Morgan fingerprint density at radius 1 is 0.456 bits per heavy atom. The third-order valence-corrected chi connectivity index (χ3v) is 11.7. The molecular formula is C46H91O10P. The highest BCUT2D eigenvalue weighted by Crippen LogP contribution is 2.43. The number of phosphoric acid groups is 1. The molecule has 0 aliphatic carbocycles. The minimum atomic E-state index is -4.61. The van der Waals surface area contributed by atoms with Crippen LogP contribution in [0.3, 0.4) is 0 Å². The molecule has 0 spiro atoms. The van der Waals surface area contributed by atoms with E-state index in [1.165, 1.54) is 173 Å². The predicted molar refractivity (Wildman–Crippen MR) is 233 cm³/mol. The van der Waals surface area contributed by atoms with E-state index < -0.39 is 51.8 Å². The maximum absolute atomic E-state index is 12.6. The number of ether oxygens (including phenoxy) is 2. The van der Waals surface area contributed by atoms with E-state index in [1.807, 2.05) is 0 Å². The van der Waals surface area contributed by atoms with E-state index in [1.54, 1.807) is 0 Å². The number of carbonyl (C=O) groups is 2. The molecule has 0 rings (SSSR count). The summed E-state index contributed by atoms with van der Waals surface area (Å²) in [5.41, 5.74) is 0. The lowest BCUT2D eigenvalue weighted by Gasteiger charge is -2.20. The number of aliphatic hydroxyl groups is 2. The minimum absolute atomic E-state index is 0.192. The monoisotopic (exact) mass is 835 g/mol. The molecular weight excluding hydrogens is 743 g/mol. The van der Waals surface area contributed by atoms with Crippen LogP contribution in [0.2, 0.25) is 0 Å². The molecule has 0 radical (unpaired) electrons. The summed E-state index contributed by atoms with van der Waals surface area (Å²) in [4.78, 5) is 35.0. The fraction of sp³-hybridized carbons (Fsp3) is 0.957. The smallest absolute Gasteiger partial charge is 0.462 e. The van der Waals surface area contributed by atoms with E-state index >= 15 is 0 Å². The highest BCUT2D eigenvalue weighted by atomic mass is 31.2. The van der Waals surface area contributed by atoms with Crippen molar-refractivity contribution in [3.63, 3.8) is 0 Å². The van der Waals surface area contributed by atoms with Crippen LogP contribution in [0.4, 0.5) is 0 Å². The topological polar surface area (TPSA) is 149 Å². The molecule has 0 saturated heterocycles. The molecule has 3 atom stereocenters. The number of hydrogen-bond acceptors (Lipinski definition) is 9. The standard InChI is InChI=1S/C46H91O10P/c1-3-5-7-9-11-13-15-17-18-19-20-21-22-23-24-25-26-28-29-31-33-35-37-45(49)53-41-44(42-55-57(51,52)54-40-43(48)39-47)56-46(50)38-36-34-32-30-27-16-14-12-10-8-6-4-2/h43-44,47-48H,3-42H2,1-2H3,(H,51,52)/t43-,44-/m1/s1. The van der Waals surface area contributed by atoms with Crippen LogP contribution in [-0.2, 0) is 32.7 Å². The minimum Gasteiger partial charge on any atom is -0.462 e. The zero-order valence-corrected chi connectivity index (χ0v) is 38.0. The van der Waals surface area contributed by atoms with E-state index in [-0.39, 0.29) is 19.4 Å². The van der Waals surface area contributed by atoms with Crippen LogP contribution in [0.5, 0.6) is 0 Å². The third-order valence-electron chi connectivity index (χ3n) is 10.8. The second-order valence-electron chi connectivity index (χ2n) is 16.5. The SMILES string of the molecule is CCCCCCCCCCCCCCCCCCCCCCCCC(=O)OC[C@H](COP(=O)(O)OC[C@H](O)CO)OC(=O)CCCCCCCCCCCCCC. The predicted octanol–water partition coefficient (Wildman–Crippen LogP) is 13.0. The normalized spacial score (nSPS) is 13.7. The fourth-order valence-electron chi connectivity index (χ4n) is 7.05. The molecule has 0 amide bonds. The highest BCUT2D eigenvalue weighted by molar-refractivity contribution is 7.47. The first-order valence-electron chi connectivity index (χ1n) is 24.0. The summed E-state index contributed by atoms with van der Waals surface area (Å²) in [5, 5.41) is 18.3. The average molecular weight is 835 g/mol. The van der Waals surface area contributed by atoms with E-state index in [2.05, 4.69) is 13.8 Å². The lowest BCUT2D eigenvalue weighted by molar-refractivity contribution is -0.161. The van der Waals surface area contributed by atoms with Gasteiger partial charge < -0.3 is 24.6 Å². The highest BCUT2D eigenvalue weighted by Gasteiger charge is 2.27. The van der Waals surface area contributed by atoms with Crippen molar-refractivity contribution in [2.45, 2.75) is 257 Å². The largest absolute Gasteiger partial charge is 0.472 e. The van der Waals surface area contributed by atoms with Gasteiger partial charge in [0.25, 0.3) is 0 Å². The molecule has 0 fully saturated rings. The van der Waals surface area contributed by atoms with Crippen molar-refractivity contribution >= 4 is 19.8 Å². The fourth-order valence-corrected chi connectivity index (χ4v) is 7.84. The van der Waals surface area contributed by atoms with Crippen molar-refractivity contribution in [2.75, 3.05) is 26.4 Å². The maximum atomic E-state index is 12.6. The van der Waals surface area contributed by atoms with Crippen molar-refractivity contribution in [1.82, 2.24) is 0 Å². The molecule has 0 aromatic carbocycles. The molecule has 0 bridgehead atoms. The number of aliphatic hydroxyl groups excluding tert-OH is 2. The summed E-state index contributed by atoms with van der Waals surface area (Å²) in [6.07, 6.45) is 40.8. The van der Waals surface area contributed by atoms with Gasteiger partial charge in [-0.2, -0.15) is 0 Å². The van der Waals surface area contributed by atoms with Crippen molar-refractivity contribution in [1.29, 1.82) is 0 Å². The van der Waals surface area contributed by atoms with Gasteiger partial charge in [0.15, 0.2) is 6.10 Å². The van der Waals surface area contributed by atoms with Gasteiger partial charge in [0, 0.05) is 12.8 Å². The van der Waals surface area contributed by atoms with E-state index in [4.69, 9.17) is 23.6 Å². The maximum Gasteiger partial charge on any atom is 0.472 e. The third kappa shape index (κ3) is 42.9. The molecule has 340 valence electrons. The van der Waals surface area contributed by atoms with Crippen LogP contribution in [0.1, 0.15) is 245 Å². The Bertz CT molecular complexity index is 920. The number of esters is 2. The number of unbranched alkanes of at least 4 members (excludes halogenated alkanes) is 32. The molecule has 1 unspecified atom stereocenters. The number of hydrogen-bond donors (Lipinski definition) is 3. The van der Waals surface area contributed by atoms with E-state index in [9.17, 15) is 24.2 Å². The van der Waals surface area contributed by atoms with Crippen LogP contribution in [-0.4, -0.2) is 65.7 Å². The molecule has 0 saturated carbocycles. The Morgan fingerprint density at radius 2 is 0.754 bits per heavy atom. The molecule has 0 aliphatic heterocycles. The Labute approximate surface area is 350 Å². The van der Waals surface area contributed by atoms with Gasteiger partial charge in [0.2, 0.25) is 0 Å². The summed E-state index contributed by atoms with van der Waals surface area (Å²) in [6.45, 7) is 2.43. The summed E-state index contributed by atoms with van der Waals surface area (Å²) in [5.74, 6) is -0.907. The van der Waals surface area contributed by atoms with Gasteiger partial charge in [0.05, 0.1) is 19.8 Å². The summed E-state index contributed by atoms with van der Waals surface area (Å²) in [6, 6.07) is 0. The first kappa shape index (κ1) is 56.0. The van der Waals surface area contributed by atoms with Crippen LogP contribution in [0.15, 0.2) is 0 Å². The first-order chi connectivity index (χ1) is 27.7. The van der Waals surface area contributed by atoms with Crippen LogP contribution in [0, 0.1) is 0 Å². The first-order valence-corrected chi connectivity index (χ1v) is 25.5. The molecule has 3 N–H and O–H groups in total. The van der Waals surface area contributed by atoms with Crippen LogP contribution < -0.4 is 0 Å². The van der Waals surface area contributed by atoms with Gasteiger partial charge in [-0.15, -0.1) is 0 Å². The Balaban J connectivity index is 4.09. The van der Waals surface area contributed by atoms with E-state index in [0.29, 0.717) is 12.8 Å². The summed E-state index contributed by atoms with van der Waals surface area (Å²) >= 11 is 0.